The van der Waals surface area contributed by atoms with E-state index in [4.69, 9.17) is 9.72 Å². The number of morpholine rings is 1. The zero-order chi connectivity index (χ0) is 22.1. The average Bonchev–Trinajstić information content (AvgIpc) is 2.79. The molecule has 2 N–H and O–H groups in total. The predicted molar refractivity (Wildman–Crippen MR) is 125 cm³/mol. The van der Waals surface area contributed by atoms with Crippen molar-refractivity contribution in [3.05, 3.63) is 71.2 Å². The second-order valence-electron chi connectivity index (χ2n) is 8.01. The van der Waals surface area contributed by atoms with Crippen LogP contribution in [-0.2, 0) is 4.74 Å². The summed E-state index contributed by atoms with van der Waals surface area (Å²) in [7, 11) is 0. The second kappa shape index (κ2) is 8.39. The maximum absolute atomic E-state index is 12.6. The highest BCUT2D eigenvalue weighted by atomic mass is 16.5. The Hall–Kier alpha value is -3.78. The Balaban J connectivity index is 1.53. The molecule has 8 nitrogen and oxygen atoms in total. The summed E-state index contributed by atoms with van der Waals surface area (Å²) >= 11 is 0. The minimum atomic E-state index is -0.191. The first-order valence-corrected chi connectivity index (χ1v) is 10.6. The van der Waals surface area contributed by atoms with Crippen LogP contribution >= 0.6 is 0 Å². The number of nitrogens with one attached hydrogen (secondary N) is 2. The standard InChI is InChI=1S/C24H24N6O2/c1-15-9-19(3-4-21(15)30-7-8-32-16(2)13-30)28-23-22-17(5-6-27-24(22)31)10-20(29-23)18-11-25-14-26-12-18/h3-6,9-12,14,16H,7-8,13H2,1-2H3,(H,27,31)(H,28,29)/t16-/m0/s1. The summed E-state index contributed by atoms with van der Waals surface area (Å²) in [6.07, 6.45) is 6.75. The summed E-state index contributed by atoms with van der Waals surface area (Å²) in [4.78, 5) is 30.6. The van der Waals surface area contributed by atoms with Crippen molar-refractivity contribution in [3.8, 4) is 11.3 Å². The van der Waals surface area contributed by atoms with Gasteiger partial charge < -0.3 is 19.9 Å². The van der Waals surface area contributed by atoms with Gasteiger partial charge in [-0.05, 0) is 55.1 Å². The van der Waals surface area contributed by atoms with Crippen LogP contribution in [-0.4, -0.2) is 45.7 Å². The molecule has 4 heterocycles. The molecular weight excluding hydrogens is 404 g/mol. The van der Waals surface area contributed by atoms with E-state index in [1.54, 1.807) is 18.6 Å². The summed E-state index contributed by atoms with van der Waals surface area (Å²) in [5, 5.41) is 4.67. The highest BCUT2D eigenvalue weighted by Crippen LogP contribution is 2.30. The van der Waals surface area contributed by atoms with Crippen molar-refractivity contribution in [1.29, 1.82) is 0 Å². The molecule has 1 aromatic carbocycles. The molecular formula is C24H24N6O2. The van der Waals surface area contributed by atoms with E-state index in [1.807, 2.05) is 18.2 Å². The number of H-pyrrole nitrogens is 1. The van der Waals surface area contributed by atoms with E-state index in [0.717, 1.165) is 41.9 Å². The van der Waals surface area contributed by atoms with E-state index < -0.39 is 0 Å². The molecule has 1 atom stereocenters. The van der Waals surface area contributed by atoms with Crippen molar-refractivity contribution >= 4 is 28.0 Å². The SMILES string of the molecule is Cc1cc(Nc2nc(-c3cncnc3)cc3cc[nH]c(=O)c23)ccc1N1CCO[C@@H](C)C1. The molecule has 0 spiro atoms. The molecule has 0 saturated carbocycles. The van der Waals surface area contributed by atoms with Crippen molar-refractivity contribution in [1.82, 2.24) is 19.9 Å². The summed E-state index contributed by atoms with van der Waals surface area (Å²) in [5.74, 6) is 0.496. The van der Waals surface area contributed by atoms with Gasteiger partial charge in [0.2, 0.25) is 0 Å². The highest BCUT2D eigenvalue weighted by Gasteiger charge is 2.19. The van der Waals surface area contributed by atoms with Gasteiger partial charge in [0.05, 0.1) is 23.8 Å². The van der Waals surface area contributed by atoms with Crippen LogP contribution in [0, 0.1) is 6.92 Å². The van der Waals surface area contributed by atoms with Crippen molar-refractivity contribution in [2.24, 2.45) is 0 Å². The number of ether oxygens (including phenoxy) is 1. The lowest BCUT2D eigenvalue weighted by Crippen LogP contribution is -2.41. The van der Waals surface area contributed by atoms with Crippen molar-refractivity contribution in [2.75, 3.05) is 29.9 Å². The Morgan fingerprint density at radius 3 is 2.81 bits per heavy atom. The molecule has 1 aliphatic rings. The van der Waals surface area contributed by atoms with Gasteiger partial charge in [-0.25, -0.2) is 15.0 Å². The third-order valence-corrected chi connectivity index (χ3v) is 5.65. The van der Waals surface area contributed by atoms with Crippen molar-refractivity contribution in [3.63, 3.8) is 0 Å². The third-order valence-electron chi connectivity index (χ3n) is 5.65. The Morgan fingerprint density at radius 1 is 1.19 bits per heavy atom. The summed E-state index contributed by atoms with van der Waals surface area (Å²) < 4.78 is 5.67. The molecule has 32 heavy (non-hydrogen) atoms. The molecule has 0 amide bonds. The topological polar surface area (TPSA) is 96.0 Å². The molecule has 8 heteroatoms. The van der Waals surface area contributed by atoms with Crippen LogP contribution < -0.4 is 15.8 Å². The van der Waals surface area contributed by atoms with Gasteiger partial charge >= 0.3 is 0 Å². The van der Waals surface area contributed by atoms with Crippen LogP contribution in [0.4, 0.5) is 17.2 Å². The van der Waals surface area contributed by atoms with Crippen molar-refractivity contribution < 1.29 is 4.74 Å². The Labute approximate surface area is 185 Å². The summed E-state index contributed by atoms with van der Waals surface area (Å²) in [6, 6.07) is 9.95. The van der Waals surface area contributed by atoms with E-state index >= 15 is 0 Å². The van der Waals surface area contributed by atoms with Crippen LogP contribution in [0.5, 0.6) is 0 Å². The first-order valence-electron chi connectivity index (χ1n) is 10.6. The van der Waals surface area contributed by atoms with Crippen LogP contribution in [0.1, 0.15) is 12.5 Å². The molecule has 0 radical (unpaired) electrons. The Morgan fingerprint density at radius 2 is 2.03 bits per heavy atom. The number of benzene rings is 1. The first-order chi connectivity index (χ1) is 15.6. The monoisotopic (exact) mass is 428 g/mol. The fourth-order valence-electron chi connectivity index (χ4n) is 4.15. The maximum atomic E-state index is 12.6. The van der Waals surface area contributed by atoms with Gasteiger partial charge in [-0.3, -0.25) is 4.79 Å². The predicted octanol–water partition coefficient (Wildman–Crippen LogP) is 3.66. The molecule has 0 unspecified atom stereocenters. The smallest absolute Gasteiger partial charge is 0.259 e. The largest absolute Gasteiger partial charge is 0.375 e. The normalized spacial score (nSPS) is 16.3. The molecule has 0 aliphatic carbocycles. The van der Waals surface area contributed by atoms with Gasteiger partial charge in [0.15, 0.2) is 0 Å². The van der Waals surface area contributed by atoms with E-state index in [0.29, 0.717) is 16.9 Å². The Kier molecular flexibility index (Phi) is 5.28. The van der Waals surface area contributed by atoms with E-state index in [9.17, 15) is 4.79 Å². The number of aromatic nitrogens is 4. The highest BCUT2D eigenvalue weighted by molar-refractivity contribution is 5.95. The van der Waals surface area contributed by atoms with Gasteiger partial charge in [0.25, 0.3) is 5.56 Å². The number of nitrogens with zero attached hydrogens (tertiary/aromatic N) is 4. The molecule has 4 aromatic rings. The number of fused-ring (bicyclic) bond motifs is 1. The fraction of sp³-hybridized carbons (Fsp3) is 0.250. The van der Waals surface area contributed by atoms with Gasteiger partial charge in [-0.1, -0.05) is 0 Å². The Bertz CT molecular complexity index is 1320. The quantitative estimate of drug-likeness (QED) is 0.512. The zero-order valence-corrected chi connectivity index (χ0v) is 18.0. The molecule has 0 bridgehead atoms. The third kappa shape index (κ3) is 3.92. The molecule has 162 valence electrons. The minimum Gasteiger partial charge on any atom is -0.375 e. The van der Waals surface area contributed by atoms with E-state index in [2.05, 4.69) is 51.1 Å². The number of rotatable bonds is 4. The molecule has 1 saturated heterocycles. The minimum absolute atomic E-state index is 0.191. The van der Waals surface area contributed by atoms with Gasteiger partial charge in [-0.2, -0.15) is 0 Å². The summed E-state index contributed by atoms with van der Waals surface area (Å²) in [5.41, 5.74) is 4.49. The summed E-state index contributed by atoms with van der Waals surface area (Å²) in [6.45, 7) is 6.67. The van der Waals surface area contributed by atoms with E-state index in [1.165, 1.54) is 12.0 Å². The first kappa shape index (κ1) is 20.1. The molecule has 5 rings (SSSR count). The maximum Gasteiger partial charge on any atom is 0.259 e. The van der Waals surface area contributed by atoms with Crippen molar-refractivity contribution in [2.45, 2.75) is 20.0 Å². The molecule has 1 aliphatic heterocycles. The second-order valence-corrected chi connectivity index (χ2v) is 8.01. The van der Waals surface area contributed by atoms with Gasteiger partial charge in [0.1, 0.15) is 12.1 Å². The van der Waals surface area contributed by atoms with Crippen LogP contribution in [0.25, 0.3) is 22.0 Å². The molecule has 1 fully saturated rings. The van der Waals surface area contributed by atoms with Crippen LogP contribution in [0.15, 0.2) is 60.0 Å². The average molecular weight is 428 g/mol. The van der Waals surface area contributed by atoms with Gasteiger partial charge in [0, 0.05) is 48.6 Å². The number of anilines is 3. The number of hydrogen-bond donors (Lipinski definition) is 2. The lowest BCUT2D eigenvalue weighted by atomic mass is 10.1. The van der Waals surface area contributed by atoms with Crippen LogP contribution in [0.2, 0.25) is 0 Å². The fourth-order valence-corrected chi connectivity index (χ4v) is 4.15. The number of pyridine rings is 2. The number of hydrogen-bond acceptors (Lipinski definition) is 7. The molecule has 3 aromatic heterocycles. The lowest BCUT2D eigenvalue weighted by Gasteiger charge is -2.34. The van der Waals surface area contributed by atoms with Gasteiger partial charge in [-0.15, -0.1) is 0 Å². The lowest BCUT2D eigenvalue weighted by molar-refractivity contribution is 0.0532. The van der Waals surface area contributed by atoms with Crippen LogP contribution in [0.3, 0.4) is 0 Å². The van der Waals surface area contributed by atoms with E-state index in [-0.39, 0.29) is 11.7 Å². The zero-order valence-electron chi connectivity index (χ0n) is 18.0. The number of aryl methyl sites for hydroxylation is 1. The number of aromatic amines is 1.